The molecule has 12 N–H and O–H groups in total. The number of unbranched alkanes of at least 4 members (excludes halogenated alkanes) is 23. The van der Waals surface area contributed by atoms with E-state index >= 15 is 0 Å². The van der Waals surface area contributed by atoms with E-state index in [2.05, 4.69) is 141 Å². The molecule has 0 bridgehead atoms. The smallest absolute Gasteiger partial charge is 0.220 e. The topological polar surface area (TPSA) is 307 Å². The predicted octanol–water partition coefficient (Wildman–Crippen LogP) is 12.5. The number of aliphatic hydroxyl groups excluding tert-OH is 11. The van der Waals surface area contributed by atoms with Crippen LogP contribution in [0.15, 0.2) is 134 Å². The van der Waals surface area contributed by atoms with Crippen LogP contribution in [0.25, 0.3) is 0 Å². The third-order valence-electron chi connectivity index (χ3n) is 18.4. The quantitative estimate of drug-likeness (QED) is 0.0199. The van der Waals surface area contributed by atoms with Gasteiger partial charge in [0.25, 0.3) is 0 Å². The Labute approximate surface area is 607 Å². The van der Waals surface area contributed by atoms with Crippen LogP contribution in [-0.2, 0) is 33.2 Å². The normalized spacial score (nSPS) is 27.1. The summed E-state index contributed by atoms with van der Waals surface area (Å²) in [5, 5.41) is 121. The van der Waals surface area contributed by atoms with E-state index in [9.17, 15) is 61.0 Å². The van der Waals surface area contributed by atoms with Crippen molar-refractivity contribution >= 4 is 5.91 Å². The molecule has 0 aromatic rings. The van der Waals surface area contributed by atoms with Crippen molar-refractivity contribution in [3.63, 3.8) is 0 Å². The number of hydrogen-bond acceptors (Lipinski definition) is 18. The summed E-state index contributed by atoms with van der Waals surface area (Å²) < 4.78 is 34.4. The summed E-state index contributed by atoms with van der Waals surface area (Å²) in [6.45, 7) is 1.59. The first kappa shape index (κ1) is 91.1. The Morgan fingerprint density at radius 2 is 0.693 bits per heavy atom. The molecular weight excluding hydrogens is 1290 g/mol. The van der Waals surface area contributed by atoms with Crippen LogP contribution in [0.5, 0.6) is 0 Å². The standard InChI is InChI=1S/C82H137NO18/c1-3-5-7-9-11-13-15-17-19-21-23-25-26-27-28-29-30-31-32-33-34-35-36-37-38-40-42-44-46-48-50-52-54-56-58-60-70(88)83-65(66(87)59-57-55-53-51-49-47-45-43-41-39-24-22-20-18-16-14-12-10-8-6-4-2)64-96-80-76(94)73(91)78(68(62-85)98-80)101-82-77(95)74(92)79(69(63-86)99-82)100-81-75(93)72(90)71(89)67(61-84)97-81/h5,7,11,13,17,19,23,25,27-28,30-31,33-34,36-37,41,43,49,51,57,59,65-69,71-82,84-87,89-95H,3-4,6,8-10,12,14-16,18,20-22,24,26,29,32,35,38-40,42,44-48,50,52-56,58,60-64H2,1-2H3,(H,83,88)/b7-5-,13-11-,19-17-,25-23-,28-27-,31-30-,34-33-,37-36-,43-41+,51-49+,59-57+. The van der Waals surface area contributed by atoms with Crippen molar-refractivity contribution < 1.29 is 89.4 Å². The maximum Gasteiger partial charge on any atom is 0.220 e. The molecule has 1 amide bonds. The minimum Gasteiger partial charge on any atom is -0.394 e. The van der Waals surface area contributed by atoms with Crippen molar-refractivity contribution in [3.8, 4) is 0 Å². The van der Waals surface area contributed by atoms with Gasteiger partial charge in [-0.2, -0.15) is 0 Å². The molecule has 17 unspecified atom stereocenters. The minimum absolute atomic E-state index is 0.218. The molecule has 0 aromatic carbocycles. The zero-order valence-electron chi connectivity index (χ0n) is 61.6. The number of carbonyl (C=O) groups excluding carboxylic acids is 1. The third kappa shape index (κ3) is 41.4. The van der Waals surface area contributed by atoms with Crippen molar-refractivity contribution in [2.45, 2.75) is 349 Å². The summed E-state index contributed by atoms with van der Waals surface area (Å²) in [4.78, 5) is 13.5. The predicted molar refractivity (Wildman–Crippen MR) is 401 cm³/mol. The van der Waals surface area contributed by atoms with Crippen LogP contribution in [0.4, 0.5) is 0 Å². The molecule has 0 saturated carbocycles. The van der Waals surface area contributed by atoms with E-state index in [0.717, 1.165) is 109 Å². The van der Waals surface area contributed by atoms with Gasteiger partial charge in [0.15, 0.2) is 18.9 Å². The number of rotatable bonds is 59. The first-order valence-electron chi connectivity index (χ1n) is 38.9. The van der Waals surface area contributed by atoms with Gasteiger partial charge in [-0.15, -0.1) is 0 Å². The lowest BCUT2D eigenvalue weighted by Crippen LogP contribution is -2.66. The van der Waals surface area contributed by atoms with Crippen LogP contribution < -0.4 is 5.32 Å². The fraction of sp³-hybridized carbons (Fsp3) is 0.720. The van der Waals surface area contributed by atoms with E-state index in [1.807, 2.05) is 6.08 Å². The van der Waals surface area contributed by atoms with Crippen molar-refractivity contribution in [1.82, 2.24) is 5.32 Å². The van der Waals surface area contributed by atoms with Crippen molar-refractivity contribution in [2.24, 2.45) is 0 Å². The lowest BCUT2D eigenvalue weighted by atomic mass is 9.96. The maximum absolute atomic E-state index is 13.5. The molecule has 0 aliphatic carbocycles. The highest BCUT2D eigenvalue weighted by Gasteiger charge is 2.53. The number of carbonyl (C=O) groups is 1. The Kier molecular flexibility index (Phi) is 55.2. The number of nitrogens with one attached hydrogen (secondary N) is 1. The van der Waals surface area contributed by atoms with Gasteiger partial charge in [-0.25, -0.2) is 0 Å². The highest BCUT2D eigenvalue weighted by Crippen LogP contribution is 2.33. The zero-order valence-corrected chi connectivity index (χ0v) is 61.6. The first-order chi connectivity index (χ1) is 49.3. The molecule has 3 saturated heterocycles. The zero-order chi connectivity index (χ0) is 73.2. The van der Waals surface area contributed by atoms with E-state index < -0.39 is 124 Å². The van der Waals surface area contributed by atoms with Crippen molar-refractivity contribution in [3.05, 3.63) is 134 Å². The molecule has 19 nitrogen and oxygen atoms in total. The Morgan fingerprint density at radius 3 is 1.11 bits per heavy atom. The number of ether oxygens (including phenoxy) is 6. The lowest BCUT2D eigenvalue weighted by molar-refractivity contribution is -0.379. The summed E-state index contributed by atoms with van der Waals surface area (Å²) >= 11 is 0. The van der Waals surface area contributed by atoms with E-state index in [-0.39, 0.29) is 18.9 Å². The Morgan fingerprint density at radius 1 is 0.366 bits per heavy atom. The van der Waals surface area contributed by atoms with Gasteiger partial charge in [0.2, 0.25) is 5.91 Å². The molecule has 3 rings (SSSR count). The Balaban J connectivity index is 1.39. The lowest BCUT2D eigenvalue weighted by Gasteiger charge is -2.48. The molecule has 3 aliphatic heterocycles. The van der Waals surface area contributed by atoms with Crippen LogP contribution in [0.3, 0.4) is 0 Å². The second-order valence-electron chi connectivity index (χ2n) is 27.1. The summed E-state index contributed by atoms with van der Waals surface area (Å²) in [7, 11) is 0. The number of allylic oxidation sites excluding steroid dienone is 21. The molecule has 0 spiro atoms. The fourth-order valence-electron chi connectivity index (χ4n) is 12.2. The highest BCUT2D eigenvalue weighted by molar-refractivity contribution is 5.76. The molecule has 101 heavy (non-hydrogen) atoms. The van der Waals surface area contributed by atoms with Crippen molar-refractivity contribution in [1.29, 1.82) is 0 Å². The molecule has 3 fully saturated rings. The summed E-state index contributed by atoms with van der Waals surface area (Å²) in [6, 6.07) is -1.01. The minimum atomic E-state index is -1.99. The Bertz CT molecular complexity index is 2350. The van der Waals surface area contributed by atoms with Gasteiger partial charge in [0, 0.05) is 6.42 Å². The number of aliphatic hydroxyl groups is 11. The van der Waals surface area contributed by atoms with Crippen molar-refractivity contribution in [2.75, 3.05) is 26.4 Å². The molecule has 17 atom stereocenters. The van der Waals surface area contributed by atoms with E-state index in [1.165, 1.54) is 103 Å². The molecule has 3 aliphatic rings. The summed E-state index contributed by atoms with van der Waals surface area (Å²) in [5.41, 5.74) is 0. The molecule has 0 radical (unpaired) electrons. The Hall–Kier alpha value is -4.07. The average molecular weight is 1420 g/mol. The van der Waals surface area contributed by atoms with Crippen LogP contribution in [0.2, 0.25) is 0 Å². The monoisotopic (exact) mass is 1420 g/mol. The van der Waals surface area contributed by atoms with Crippen LogP contribution in [0, 0.1) is 0 Å². The SMILES string of the molecule is CC/C=C\C/C=C\C/C=C\C/C=C\C/C=C\C/C=C\C/C=C\C/C=C\CCCCCCCCCCCCC(=O)NC(COC1OC(CO)C(OC2OC(CO)C(OC3OC(CO)C(O)C(O)C3O)C(O)C2O)C(O)C1O)C(O)/C=C/CC/C=C/CC/C=C/CCCCCCCCCCCCC. The van der Waals surface area contributed by atoms with E-state index in [4.69, 9.17) is 28.4 Å². The maximum atomic E-state index is 13.5. The summed E-state index contributed by atoms with van der Waals surface area (Å²) in [5.74, 6) is -0.299. The third-order valence-corrected chi connectivity index (χ3v) is 18.4. The second-order valence-corrected chi connectivity index (χ2v) is 27.1. The number of amides is 1. The molecule has 578 valence electrons. The average Bonchev–Trinajstić information content (AvgIpc) is 0.782. The van der Waals surface area contributed by atoms with Crippen LogP contribution in [-0.4, -0.2) is 193 Å². The first-order valence-corrected chi connectivity index (χ1v) is 38.9. The van der Waals surface area contributed by atoms with Gasteiger partial charge in [0.1, 0.15) is 73.2 Å². The van der Waals surface area contributed by atoms with Crippen LogP contribution >= 0.6 is 0 Å². The van der Waals surface area contributed by atoms with Gasteiger partial charge in [0.05, 0.1) is 38.6 Å². The molecular formula is C82H137NO18. The largest absolute Gasteiger partial charge is 0.394 e. The summed E-state index contributed by atoms with van der Waals surface area (Å²) in [6.07, 6.45) is 60.0. The van der Waals surface area contributed by atoms with E-state index in [0.29, 0.717) is 12.8 Å². The highest BCUT2D eigenvalue weighted by atomic mass is 16.8. The molecule has 19 heteroatoms. The van der Waals surface area contributed by atoms with Gasteiger partial charge < -0.3 is 89.9 Å². The second kappa shape index (κ2) is 61.1. The van der Waals surface area contributed by atoms with Gasteiger partial charge >= 0.3 is 0 Å². The number of hydrogen-bond donors (Lipinski definition) is 12. The van der Waals surface area contributed by atoms with Gasteiger partial charge in [-0.3, -0.25) is 4.79 Å². The van der Waals surface area contributed by atoms with Gasteiger partial charge in [-0.1, -0.05) is 263 Å². The molecule has 3 heterocycles. The molecule has 0 aromatic heterocycles. The van der Waals surface area contributed by atoms with Gasteiger partial charge in [-0.05, 0) is 109 Å². The van der Waals surface area contributed by atoms with Crippen LogP contribution in [0.1, 0.15) is 245 Å². The van der Waals surface area contributed by atoms with E-state index in [1.54, 1.807) is 6.08 Å². The fourth-order valence-corrected chi connectivity index (χ4v) is 12.2.